The molecule has 11 nitrogen and oxygen atoms in total. The highest BCUT2D eigenvalue weighted by Gasteiger charge is 2.27. The summed E-state index contributed by atoms with van der Waals surface area (Å²) < 4.78 is 40.0. The monoisotopic (exact) mass is 571 g/mol. The summed E-state index contributed by atoms with van der Waals surface area (Å²) in [4.78, 5) is 19.8. The number of nitrogens with one attached hydrogen (secondary N) is 2. The first-order valence-corrected chi connectivity index (χ1v) is 13.3. The van der Waals surface area contributed by atoms with Crippen molar-refractivity contribution in [2.45, 2.75) is 32.7 Å². The fourth-order valence-corrected chi connectivity index (χ4v) is 4.58. The number of carbonyl (C=O) groups is 1. The van der Waals surface area contributed by atoms with E-state index in [0.717, 1.165) is 19.0 Å². The number of amidine groups is 1. The number of fused-ring (bicyclic) bond motifs is 1. The van der Waals surface area contributed by atoms with E-state index in [2.05, 4.69) is 39.3 Å². The second-order valence-corrected chi connectivity index (χ2v) is 9.82. The van der Waals surface area contributed by atoms with Gasteiger partial charge in [0, 0.05) is 48.6 Å². The minimum absolute atomic E-state index is 0.0434. The van der Waals surface area contributed by atoms with Gasteiger partial charge in [-0.05, 0) is 38.5 Å². The number of aliphatic hydroxyl groups is 1. The maximum atomic E-state index is 14.2. The lowest BCUT2D eigenvalue weighted by Crippen LogP contribution is -2.40. The molecule has 0 atom stereocenters. The van der Waals surface area contributed by atoms with Gasteiger partial charge in [0.25, 0.3) is 0 Å². The van der Waals surface area contributed by atoms with Crippen LogP contribution in [0, 0.1) is 11.6 Å². The molecule has 1 aliphatic rings. The number of hydrogen-bond acceptors (Lipinski definition) is 8. The van der Waals surface area contributed by atoms with Crippen LogP contribution in [0.4, 0.5) is 26.0 Å². The lowest BCUT2D eigenvalue weighted by molar-refractivity contribution is -0.117. The maximum Gasteiger partial charge on any atom is 0.223 e. The molecular formula is C28H35F2N7O4. The van der Waals surface area contributed by atoms with Crippen LogP contribution in [0.15, 0.2) is 41.4 Å². The van der Waals surface area contributed by atoms with E-state index < -0.39 is 17.5 Å². The summed E-state index contributed by atoms with van der Waals surface area (Å²) >= 11 is 0. The van der Waals surface area contributed by atoms with Gasteiger partial charge in [-0.1, -0.05) is 0 Å². The van der Waals surface area contributed by atoms with Gasteiger partial charge in [-0.25, -0.2) is 13.8 Å². The molecule has 3 aromatic rings. The molecule has 0 aliphatic carbocycles. The number of primary amides is 1. The molecule has 220 valence electrons. The fraction of sp³-hybridized carbons (Fsp3) is 0.393. The van der Waals surface area contributed by atoms with Crippen LogP contribution in [0.3, 0.4) is 0 Å². The van der Waals surface area contributed by atoms with E-state index in [4.69, 9.17) is 15.2 Å². The molecule has 0 unspecified atom stereocenters. The zero-order valence-corrected chi connectivity index (χ0v) is 23.3. The Hall–Kier alpha value is -4.23. The van der Waals surface area contributed by atoms with Crippen LogP contribution < -0.4 is 25.4 Å². The van der Waals surface area contributed by atoms with Gasteiger partial charge in [0.15, 0.2) is 17.3 Å². The van der Waals surface area contributed by atoms with Crippen LogP contribution in [0.5, 0.6) is 11.5 Å². The Morgan fingerprint density at radius 1 is 1.17 bits per heavy atom. The summed E-state index contributed by atoms with van der Waals surface area (Å²) in [6.45, 7) is 6.18. The molecule has 5 N–H and O–H groups in total. The van der Waals surface area contributed by atoms with E-state index >= 15 is 0 Å². The second-order valence-electron chi connectivity index (χ2n) is 9.82. The van der Waals surface area contributed by atoms with Crippen LogP contribution in [0.1, 0.15) is 31.5 Å². The molecule has 0 bridgehead atoms. The number of aromatic nitrogens is 2. The highest BCUT2D eigenvalue weighted by molar-refractivity contribution is 6.16. The molecule has 0 saturated heterocycles. The highest BCUT2D eigenvalue weighted by atomic mass is 19.1. The molecule has 1 aromatic heterocycles. The number of ether oxygens (including phenoxy) is 2. The largest absolute Gasteiger partial charge is 0.493 e. The second kappa shape index (κ2) is 13.4. The minimum atomic E-state index is -0.731. The smallest absolute Gasteiger partial charge is 0.223 e. The number of halogens is 2. The fourth-order valence-electron chi connectivity index (χ4n) is 4.58. The van der Waals surface area contributed by atoms with E-state index in [1.54, 1.807) is 23.1 Å². The number of nitrogens with two attached hydrogens (primary N) is 1. The number of H-pyrrole nitrogens is 1. The van der Waals surface area contributed by atoms with Crippen LogP contribution in [0.2, 0.25) is 0 Å². The Labute approximate surface area is 236 Å². The van der Waals surface area contributed by atoms with Crippen molar-refractivity contribution in [3.8, 4) is 11.5 Å². The number of nitrogens with zero attached hydrogens (tertiary/aromatic N) is 4. The highest BCUT2D eigenvalue weighted by Crippen LogP contribution is 2.38. The predicted molar refractivity (Wildman–Crippen MR) is 152 cm³/mol. The standard InChI is InChI=1S/C28H35F2N7O4/c1-17(2)36(6-7-38)5-4-8-41-25-15-23-22(14-24(25)40-3)28(33-27-13-20(34-35-27)12-26(31)39)37(16-32-23)21-10-18(29)9-19(30)11-21/h9-11,13-15,17,32,38H,4-8,12,16H2,1-3H3,(H2,31,39)(H,34,35). The third-order valence-corrected chi connectivity index (χ3v) is 6.55. The molecule has 0 saturated carbocycles. The van der Waals surface area contributed by atoms with Crippen LogP contribution in [-0.4, -0.2) is 78.1 Å². The molecule has 41 heavy (non-hydrogen) atoms. The van der Waals surface area contributed by atoms with Crippen molar-refractivity contribution in [1.82, 2.24) is 15.1 Å². The van der Waals surface area contributed by atoms with Crippen LogP contribution in [0.25, 0.3) is 0 Å². The SMILES string of the molecule is COc1cc2c(cc1OCCCN(CCO)C(C)C)NCN(c1cc(F)cc(F)c1)C2=Nc1cc(CC(N)=O)[nH]n1. The van der Waals surface area contributed by atoms with Crippen LogP contribution in [-0.2, 0) is 11.2 Å². The van der Waals surface area contributed by atoms with Gasteiger partial charge in [0.2, 0.25) is 5.91 Å². The number of amides is 1. The van der Waals surface area contributed by atoms with Crippen molar-refractivity contribution < 1.29 is 28.2 Å². The van der Waals surface area contributed by atoms with E-state index in [-0.39, 0.29) is 31.2 Å². The average molecular weight is 572 g/mol. The number of methoxy groups -OCH3 is 1. The summed E-state index contributed by atoms with van der Waals surface area (Å²) in [7, 11) is 1.52. The number of benzene rings is 2. The third-order valence-electron chi connectivity index (χ3n) is 6.55. The Morgan fingerprint density at radius 3 is 2.59 bits per heavy atom. The lowest BCUT2D eigenvalue weighted by Gasteiger charge is -2.33. The number of hydrogen-bond donors (Lipinski definition) is 4. The quantitative estimate of drug-likeness (QED) is 0.229. The third kappa shape index (κ3) is 7.50. The molecule has 0 radical (unpaired) electrons. The van der Waals surface area contributed by atoms with Gasteiger partial charge in [-0.15, -0.1) is 0 Å². The Morgan fingerprint density at radius 2 is 1.93 bits per heavy atom. The van der Waals surface area contributed by atoms with Crippen molar-refractivity contribution in [3.63, 3.8) is 0 Å². The first kappa shape index (κ1) is 29.7. The van der Waals surface area contributed by atoms with Gasteiger partial charge in [-0.3, -0.25) is 14.8 Å². The van der Waals surface area contributed by atoms with E-state index in [9.17, 15) is 18.7 Å². The van der Waals surface area contributed by atoms with E-state index in [1.807, 2.05) is 0 Å². The zero-order chi connectivity index (χ0) is 29.5. The topological polar surface area (TPSA) is 141 Å². The van der Waals surface area contributed by atoms with Gasteiger partial charge in [0.05, 0.1) is 44.8 Å². The number of rotatable bonds is 13. The number of carbonyl (C=O) groups excluding carboxylic acids is 1. The molecule has 0 spiro atoms. The van der Waals surface area contributed by atoms with Gasteiger partial charge >= 0.3 is 0 Å². The van der Waals surface area contributed by atoms with Gasteiger partial charge in [0.1, 0.15) is 17.5 Å². The van der Waals surface area contributed by atoms with E-state index in [1.165, 1.54) is 19.2 Å². The summed E-state index contributed by atoms with van der Waals surface area (Å²) in [5, 5.41) is 19.5. The Kier molecular flexibility index (Phi) is 9.73. The normalized spacial score (nSPS) is 14.0. The molecular weight excluding hydrogens is 536 g/mol. The maximum absolute atomic E-state index is 14.2. The van der Waals surface area contributed by atoms with Crippen molar-refractivity contribution in [3.05, 3.63) is 59.3 Å². The summed E-state index contributed by atoms with van der Waals surface area (Å²) in [6, 6.07) is 8.63. The van der Waals surface area contributed by atoms with Crippen LogP contribution >= 0.6 is 0 Å². The zero-order valence-electron chi connectivity index (χ0n) is 23.3. The summed E-state index contributed by atoms with van der Waals surface area (Å²) in [6.07, 6.45) is 0.697. The number of aliphatic hydroxyl groups excluding tert-OH is 1. The van der Waals surface area contributed by atoms with Gasteiger partial charge < -0.3 is 30.5 Å². The van der Waals surface area contributed by atoms with Crippen molar-refractivity contribution in [2.75, 3.05) is 50.3 Å². The molecule has 4 rings (SSSR count). The van der Waals surface area contributed by atoms with E-state index in [0.29, 0.717) is 53.5 Å². The van der Waals surface area contributed by atoms with Crippen molar-refractivity contribution >= 4 is 28.9 Å². The summed E-state index contributed by atoms with van der Waals surface area (Å²) in [5.74, 6) is -0.428. The minimum Gasteiger partial charge on any atom is -0.493 e. The average Bonchev–Trinajstić information content (AvgIpc) is 3.35. The van der Waals surface area contributed by atoms with Crippen molar-refractivity contribution in [1.29, 1.82) is 0 Å². The molecule has 1 amide bonds. The Balaban J connectivity index is 1.66. The first-order chi connectivity index (χ1) is 19.7. The molecule has 0 fully saturated rings. The molecule has 13 heteroatoms. The Bertz CT molecular complexity index is 1380. The molecule has 1 aliphatic heterocycles. The van der Waals surface area contributed by atoms with Crippen molar-refractivity contribution in [2.24, 2.45) is 10.7 Å². The van der Waals surface area contributed by atoms with Gasteiger partial charge in [-0.2, -0.15) is 5.10 Å². The number of anilines is 2. The lowest BCUT2D eigenvalue weighted by atomic mass is 10.1. The first-order valence-electron chi connectivity index (χ1n) is 13.3. The predicted octanol–water partition coefficient (Wildman–Crippen LogP) is 3.16. The molecule has 2 heterocycles. The number of aromatic amines is 1. The summed E-state index contributed by atoms with van der Waals surface area (Å²) in [5.41, 5.74) is 7.26. The molecule has 2 aromatic carbocycles. The number of aliphatic imine (C=N–C) groups is 1.